The van der Waals surface area contributed by atoms with Crippen LogP contribution in [0.15, 0.2) is 18.5 Å². The number of hydrogen-bond donors (Lipinski definition) is 1. The maximum absolute atomic E-state index is 11.8. The van der Waals surface area contributed by atoms with E-state index >= 15 is 0 Å². The third-order valence-electron chi connectivity index (χ3n) is 3.12. The lowest BCUT2D eigenvalue weighted by atomic mass is 10.2. The van der Waals surface area contributed by atoms with Crippen molar-refractivity contribution in [1.82, 2.24) is 9.88 Å². The molecule has 0 bridgehead atoms. The summed E-state index contributed by atoms with van der Waals surface area (Å²) < 4.78 is 0. The molecule has 92 valence electrons. The van der Waals surface area contributed by atoms with Crippen molar-refractivity contribution in [3.63, 3.8) is 0 Å². The molecule has 1 aromatic rings. The Hall–Kier alpha value is -1.62. The second-order valence-corrected chi connectivity index (χ2v) is 4.30. The molecule has 17 heavy (non-hydrogen) atoms. The van der Waals surface area contributed by atoms with Gasteiger partial charge in [0.2, 0.25) is 5.91 Å². The topological polar surface area (TPSA) is 62.5 Å². The number of hydrogen-bond acceptors (Lipinski definition) is 4. The fourth-order valence-corrected chi connectivity index (χ4v) is 2.06. The Morgan fingerprint density at radius 2 is 2.29 bits per heavy atom. The number of pyridine rings is 1. The van der Waals surface area contributed by atoms with Crippen LogP contribution in [0, 0.1) is 0 Å². The number of likely N-dealkylation sites (N-methyl/N-ethyl adjacent to an activating group) is 1. The van der Waals surface area contributed by atoms with Gasteiger partial charge in [-0.15, -0.1) is 0 Å². The monoisotopic (exact) mass is 234 g/mol. The highest BCUT2D eigenvalue weighted by molar-refractivity contribution is 5.82. The minimum absolute atomic E-state index is 0.148. The molecule has 1 aliphatic heterocycles. The Kier molecular flexibility index (Phi) is 3.58. The van der Waals surface area contributed by atoms with Gasteiger partial charge in [0.1, 0.15) is 0 Å². The van der Waals surface area contributed by atoms with Crippen molar-refractivity contribution < 1.29 is 4.79 Å². The van der Waals surface area contributed by atoms with E-state index in [0.717, 1.165) is 30.8 Å². The standard InChI is InChI=1S/C12H18N4O/c1-15-5-2-6-16(9-12(15)17)11-8-14-4-3-10(11)7-13/h3-4,8H,2,5-7,9,13H2,1H3. The van der Waals surface area contributed by atoms with Gasteiger partial charge in [-0.3, -0.25) is 9.78 Å². The predicted molar refractivity (Wildman–Crippen MR) is 66.6 cm³/mol. The summed E-state index contributed by atoms with van der Waals surface area (Å²) in [5.74, 6) is 0.148. The largest absolute Gasteiger partial charge is 0.361 e. The van der Waals surface area contributed by atoms with E-state index in [1.807, 2.05) is 13.1 Å². The molecule has 5 nitrogen and oxygen atoms in total. The fraction of sp³-hybridized carbons (Fsp3) is 0.500. The molecule has 2 N–H and O–H groups in total. The van der Waals surface area contributed by atoms with Crippen molar-refractivity contribution in [3.05, 3.63) is 24.0 Å². The van der Waals surface area contributed by atoms with Crippen molar-refractivity contribution in [3.8, 4) is 0 Å². The molecule has 1 amide bonds. The number of amides is 1. The molecule has 5 heteroatoms. The van der Waals surface area contributed by atoms with Gasteiger partial charge in [-0.25, -0.2) is 0 Å². The highest BCUT2D eigenvalue weighted by Gasteiger charge is 2.20. The van der Waals surface area contributed by atoms with E-state index in [1.165, 1.54) is 0 Å². The molecule has 0 spiro atoms. The average Bonchev–Trinajstić information content (AvgIpc) is 2.52. The average molecular weight is 234 g/mol. The van der Waals surface area contributed by atoms with Crippen molar-refractivity contribution in [2.75, 3.05) is 31.6 Å². The molecule has 1 saturated heterocycles. The number of carbonyl (C=O) groups excluding carboxylic acids is 1. The molecule has 2 rings (SSSR count). The number of carbonyl (C=O) groups is 1. The van der Waals surface area contributed by atoms with Gasteiger partial charge in [0.15, 0.2) is 0 Å². The number of nitrogens with zero attached hydrogens (tertiary/aromatic N) is 3. The Morgan fingerprint density at radius 1 is 1.47 bits per heavy atom. The minimum Gasteiger partial charge on any atom is -0.361 e. The van der Waals surface area contributed by atoms with Gasteiger partial charge in [0.05, 0.1) is 18.4 Å². The smallest absolute Gasteiger partial charge is 0.241 e. The predicted octanol–water partition coefficient (Wildman–Crippen LogP) is 0.209. The van der Waals surface area contributed by atoms with Crippen LogP contribution in [0.5, 0.6) is 0 Å². The highest BCUT2D eigenvalue weighted by Crippen LogP contribution is 2.20. The quantitative estimate of drug-likeness (QED) is 0.794. The zero-order chi connectivity index (χ0) is 12.3. The number of aromatic nitrogens is 1. The first kappa shape index (κ1) is 11.9. The summed E-state index contributed by atoms with van der Waals surface area (Å²) in [4.78, 5) is 19.8. The normalized spacial score (nSPS) is 17.2. The van der Waals surface area contributed by atoms with E-state index in [2.05, 4.69) is 9.88 Å². The van der Waals surface area contributed by atoms with Crippen LogP contribution >= 0.6 is 0 Å². The second kappa shape index (κ2) is 5.14. The molecule has 1 fully saturated rings. The highest BCUT2D eigenvalue weighted by atomic mass is 16.2. The molecule has 0 radical (unpaired) electrons. The van der Waals surface area contributed by atoms with Gasteiger partial charge >= 0.3 is 0 Å². The van der Waals surface area contributed by atoms with E-state index < -0.39 is 0 Å². The summed E-state index contributed by atoms with van der Waals surface area (Å²) in [5.41, 5.74) is 7.73. The van der Waals surface area contributed by atoms with Crippen molar-refractivity contribution in [1.29, 1.82) is 0 Å². The summed E-state index contributed by atoms with van der Waals surface area (Å²) in [6.07, 6.45) is 4.50. The van der Waals surface area contributed by atoms with Crippen LogP contribution in [0.25, 0.3) is 0 Å². The zero-order valence-corrected chi connectivity index (χ0v) is 10.1. The molecule has 0 unspecified atom stereocenters. The SMILES string of the molecule is CN1CCCN(c2cnccc2CN)CC1=O. The molecular weight excluding hydrogens is 216 g/mol. The fourth-order valence-electron chi connectivity index (χ4n) is 2.06. The van der Waals surface area contributed by atoms with Gasteiger partial charge in [0, 0.05) is 32.9 Å². The molecular formula is C12H18N4O. The Bertz CT molecular complexity index is 407. The van der Waals surface area contributed by atoms with E-state index in [1.54, 1.807) is 17.3 Å². The molecule has 0 saturated carbocycles. The van der Waals surface area contributed by atoms with Crippen LogP contribution in [0.3, 0.4) is 0 Å². The van der Waals surface area contributed by atoms with Crippen LogP contribution in [0.2, 0.25) is 0 Å². The van der Waals surface area contributed by atoms with Crippen LogP contribution < -0.4 is 10.6 Å². The van der Waals surface area contributed by atoms with Crippen LogP contribution in [0.4, 0.5) is 5.69 Å². The lowest BCUT2D eigenvalue weighted by Crippen LogP contribution is -2.34. The summed E-state index contributed by atoms with van der Waals surface area (Å²) >= 11 is 0. The summed E-state index contributed by atoms with van der Waals surface area (Å²) in [7, 11) is 1.85. The van der Waals surface area contributed by atoms with Gasteiger partial charge in [-0.05, 0) is 18.1 Å². The van der Waals surface area contributed by atoms with E-state index in [0.29, 0.717) is 13.1 Å². The van der Waals surface area contributed by atoms with Crippen LogP contribution in [-0.2, 0) is 11.3 Å². The number of nitrogens with two attached hydrogens (primary N) is 1. The van der Waals surface area contributed by atoms with E-state index in [9.17, 15) is 4.79 Å². The van der Waals surface area contributed by atoms with Gasteiger partial charge in [0.25, 0.3) is 0 Å². The third-order valence-corrected chi connectivity index (χ3v) is 3.12. The molecule has 1 aliphatic rings. The number of rotatable bonds is 2. The van der Waals surface area contributed by atoms with Crippen molar-refractivity contribution in [2.24, 2.45) is 5.73 Å². The van der Waals surface area contributed by atoms with Crippen LogP contribution in [0.1, 0.15) is 12.0 Å². The summed E-state index contributed by atoms with van der Waals surface area (Å²) in [6, 6.07) is 1.91. The summed E-state index contributed by atoms with van der Waals surface area (Å²) in [5, 5.41) is 0. The van der Waals surface area contributed by atoms with Crippen LogP contribution in [-0.4, -0.2) is 42.5 Å². The second-order valence-electron chi connectivity index (χ2n) is 4.30. The minimum atomic E-state index is 0.148. The number of anilines is 1. The lowest BCUT2D eigenvalue weighted by Gasteiger charge is -2.23. The first-order chi connectivity index (χ1) is 8.22. The first-order valence-electron chi connectivity index (χ1n) is 5.84. The van der Waals surface area contributed by atoms with E-state index in [4.69, 9.17) is 5.73 Å². The van der Waals surface area contributed by atoms with Crippen molar-refractivity contribution in [2.45, 2.75) is 13.0 Å². The summed E-state index contributed by atoms with van der Waals surface area (Å²) in [6.45, 7) is 2.57. The maximum atomic E-state index is 11.8. The van der Waals surface area contributed by atoms with Gasteiger partial charge in [-0.2, -0.15) is 0 Å². The molecule has 0 atom stereocenters. The first-order valence-corrected chi connectivity index (χ1v) is 5.84. The molecule has 2 heterocycles. The molecule has 0 aliphatic carbocycles. The van der Waals surface area contributed by atoms with Gasteiger partial charge in [-0.1, -0.05) is 0 Å². The lowest BCUT2D eigenvalue weighted by molar-refractivity contribution is -0.127. The van der Waals surface area contributed by atoms with Gasteiger partial charge < -0.3 is 15.5 Å². The molecule has 1 aromatic heterocycles. The zero-order valence-electron chi connectivity index (χ0n) is 10.1. The Morgan fingerprint density at radius 3 is 3.06 bits per heavy atom. The third kappa shape index (κ3) is 2.55. The maximum Gasteiger partial charge on any atom is 0.241 e. The Balaban J connectivity index is 2.23. The molecule has 0 aromatic carbocycles. The Labute approximate surface area is 101 Å². The van der Waals surface area contributed by atoms with Crippen molar-refractivity contribution >= 4 is 11.6 Å². The van der Waals surface area contributed by atoms with E-state index in [-0.39, 0.29) is 5.91 Å².